The number of nitrogens with zero attached hydrogens (tertiary/aromatic N) is 2. The molecule has 1 atom stereocenters. The fourth-order valence-electron chi connectivity index (χ4n) is 1.44. The third-order valence-corrected chi connectivity index (χ3v) is 3.71. The molecular formula is C13H21N3OS. The zero-order valence-corrected chi connectivity index (χ0v) is 12.0. The van der Waals surface area contributed by atoms with E-state index in [4.69, 9.17) is 0 Å². The Morgan fingerprint density at radius 1 is 1.61 bits per heavy atom. The summed E-state index contributed by atoms with van der Waals surface area (Å²) < 4.78 is 0. The van der Waals surface area contributed by atoms with Crippen LogP contribution in [0.1, 0.15) is 20.3 Å². The molecule has 0 radical (unpaired) electrons. The van der Waals surface area contributed by atoms with E-state index in [0.29, 0.717) is 0 Å². The first-order chi connectivity index (χ1) is 8.65. The van der Waals surface area contributed by atoms with Crippen LogP contribution in [0, 0.1) is 0 Å². The van der Waals surface area contributed by atoms with Crippen LogP contribution in [0.3, 0.4) is 0 Å². The van der Waals surface area contributed by atoms with E-state index in [1.807, 2.05) is 24.9 Å². The number of thioether (sulfide) groups is 1. The van der Waals surface area contributed by atoms with Crippen molar-refractivity contribution < 1.29 is 4.79 Å². The number of rotatable bonds is 6. The summed E-state index contributed by atoms with van der Waals surface area (Å²) in [4.78, 5) is 17.7. The molecule has 18 heavy (non-hydrogen) atoms. The average molecular weight is 267 g/mol. The molecule has 2 amide bonds. The second-order valence-corrected chi connectivity index (χ2v) is 5.51. The number of carbonyl (C=O) groups is 1. The number of carbonyl (C=O) groups excluding carboxylic acids is 1. The summed E-state index contributed by atoms with van der Waals surface area (Å²) >= 11 is 1.90. The lowest BCUT2D eigenvalue weighted by molar-refractivity contribution is 0.207. The summed E-state index contributed by atoms with van der Waals surface area (Å²) in [5, 5.41) is 2.83. The monoisotopic (exact) mass is 267 g/mol. The van der Waals surface area contributed by atoms with E-state index in [-0.39, 0.29) is 12.1 Å². The van der Waals surface area contributed by atoms with Crippen LogP contribution in [0.5, 0.6) is 0 Å². The van der Waals surface area contributed by atoms with Crippen molar-refractivity contribution in [3.63, 3.8) is 0 Å². The molecule has 0 bridgehead atoms. The lowest BCUT2D eigenvalue weighted by Crippen LogP contribution is -2.38. The lowest BCUT2D eigenvalue weighted by atomic mass is 10.2. The van der Waals surface area contributed by atoms with Gasteiger partial charge in [-0.1, -0.05) is 6.92 Å². The van der Waals surface area contributed by atoms with Gasteiger partial charge in [-0.2, -0.15) is 11.8 Å². The zero-order valence-electron chi connectivity index (χ0n) is 11.2. The topological polar surface area (TPSA) is 45.2 Å². The first-order valence-electron chi connectivity index (χ1n) is 6.16. The Morgan fingerprint density at radius 2 is 2.39 bits per heavy atom. The first kappa shape index (κ1) is 14.8. The predicted molar refractivity (Wildman–Crippen MR) is 78.1 cm³/mol. The predicted octanol–water partition coefficient (Wildman–Crippen LogP) is 3.08. The van der Waals surface area contributed by atoms with Gasteiger partial charge in [-0.25, -0.2) is 4.79 Å². The largest absolute Gasteiger partial charge is 0.325 e. The number of amides is 2. The molecule has 1 N–H and O–H groups in total. The fraction of sp³-hybridized carbons (Fsp3) is 0.538. The van der Waals surface area contributed by atoms with Crippen molar-refractivity contribution in [2.24, 2.45) is 0 Å². The van der Waals surface area contributed by atoms with Crippen molar-refractivity contribution in [3.8, 4) is 0 Å². The van der Waals surface area contributed by atoms with Crippen LogP contribution in [0.2, 0.25) is 0 Å². The van der Waals surface area contributed by atoms with E-state index in [1.54, 1.807) is 23.4 Å². The second-order valence-electron chi connectivity index (χ2n) is 4.12. The number of anilines is 1. The molecule has 100 valence electrons. The van der Waals surface area contributed by atoms with Crippen LogP contribution in [0.15, 0.2) is 24.5 Å². The van der Waals surface area contributed by atoms with Gasteiger partial charge in [0.1, 0.15) is 0 Å². The van der Waals surface area contributed by atoms with Crippen molar-refractivity contribution in [1.82, 2.24) is 9.88 Å². The molecule has 0 fully saturated rings. The summed E-state index contributed by atoms with van der Waals surface area (Å²) in [6.45, 7) is 4.22. The number of hydrogen-bond donors (Lipinski definition) is 1. The number of nitrogens with one attached hydrogen (secondary N) is 1. The summed E-state index contributed by atoms with van der Waals surface area (Å²) in [7, 11) is 1.83. The van der Waals surface area contributed by atoms with Crippen molar-refractivity contribution >= 4 is 23.5 Å². The second kappa shape index (κ2) is 7.97. The van der Waals surface area contributed by atoms with Crippen LogP contribution < -0.4 is 5.32 Å². The van der Waals surface area contributed by atoms with Gasteiger partial charge in [0.25, 0.3) is 0 Å². The molecule has 5 heteroatoms. The van der Waals surface area contributed by atoms with Gasteiger partial charge in [-0.15, -0.1) is 0 Å². The van der Waals surface area contributed by atoms with Crippen molar-refractivity contribution in [2.75, 3.05) is 23.9 Å². The third kappa shape index (κ3) is 4.96. The molecule has 1 heterocycles. The highest BCUT2D eigenvalue weighted by Crippen LogP contribution is 2.10. The average Bonchev–Trinajstić information content (AvgIpc) is 2.39. The third-order valence-electron chi connectivity index (χ3n) is 2.78. The maximum Gasteiger partial charge on any atom is 0.321 e. The number of aromatic nitrogens is 1. The van der Waals surface area contributed by atoms with E-state index in [1.165, 1.54) is 0 Å². The highest BCUT2D eigenvalue weighted by atomic mass is 32.2. The Bertz CT molecular complexity index is 359. The van der Waals surface area contributed by atoms with E-state index in [9.17, 15) is 4.79 Å². The fourth-order valence-corrected chi connectivity index (χ4v) is 2.24. The summed E-state index contributed by atoms with van der Waals surface area (Å²) in [5.74, 6) is 2.21. The SMILES string of the molecule is CCSCC[C@@H](C)N(C)C(=O)Nc1cccnc1. The molecule has 0 aliphatic heterocycles. The molecule has 0 aromatic carbocycles. The molecule has 1 aromatic rings. The summed E-state index contributed by atoms with van der Waals surface area (Å²) in [6.07, 6.45) is 4.34. The van der Waals surface area contributed by atoms with Gasteiger partial charge in [0.2, 0.25) is 0 Å². The lowest BCUT2D eigenvalue weighted by Gasteiger charge is -2.25. The Labute approximate surface area is 113 Å². The molecule has 1 rings (SSSR count). The standard InChI is InChI=1S/C13H21N3OS/c1-4-18-9-7-11(2)16(3)13(17)15-12-6-5-8-14-10-12/h5-6,8,10-11H,4,7,9H2,1-3H3,(H,15,17)/t11-/m1/s1. The maximum absolute atomic E-state index is 12.0. The number of pyridine rings is 1. The van der Waals surface area contributed by atoms with Crippen LogP contribution >= 0.6 is 11.8 Å². The van der Waals surface area contributed by atoms with Gasteiger partial charge in [0.15, 0.2) is 0 Å². The van der Waals surface area contributed by atoms with E-state index in [0.717, 1.165) is 23.6 Å². The van der Waals surface area contributed by atoms with Crippen LogP contribution in [-0.2, 0) is 0 Å². The highest BCUT2D eigenvalue weighted by molar-refractivity contribution is 7.99. The quantitative estimate of drug-likeness (QED) is 0.806. The first-order valence-corrected chi connectivity index (χ1v) is 7.32. The Hall–Kier alpha value is -1.23. The summed E-state index contributed by atoms with van der Waals surface area (Å²) in [6, 6.07) is 3.78. The number of urea groups is 1. The molecular weight excluding hydrogens is 246 g/mol. The van der Waals surface area contributed by atoms with Crippen molar-refractivity contribution in [2.45, 2.75) is 26.3 Å². The van der Waals surface area contributed by atoms with Crippen LogP contribution in [-0.4, -0.2) is 40.5 Å². The summed E-state index contributed by atoms with van der Waals surface area (Å²) in [5.41, 5.74) is 0.726. The Kier molecular flexibility index (Phi) is 6.57. The van der Waals surface area contributed by atoms with Crippen molar-refractivity contribution in [3.05, 3.63) is 24.5 Å². The number of hydrogen-bond acceptors (Lipinski definition) is 3. The van der Waals surface area contributed by atoms with Gasteiger partial charge in [-0.3, -0.25) is 4.98 Å². The maximum atomic E-state index is 12.0. The van der Waals surface area contributed by atoms with E-state index in [2.05, 4.69) is 24.1 Å². The normalized spacial score (nSPS) is 11.9. The minimum atomic E-state index is -0.0861. The molecule has 1 aromatic heterocycles. The minimum Gasteiger partial charge on any atom is -0.325 e. The molecule has 0 aliphatic rings. The van der Waals surface area contributed by atoms with Crippen LogP contribution in [0.25, 0.3) is 0 Å². The highest BCUT2D eigenvalue weighted by Gasteiger charge is 2.15. The van der Waals surface area contributed by atoms with Gasteiger partial charge in [0.05, 0.1) is 11.9 Å². The molecule has 0 aliphatic carbocycles. The molecule has 0 unspecified atom stereocenters. The smallest absolute Gasteiger partial charge is 0.321 e. The van der Waals surface area contributed by atoms with Gasteiger partial charge < -0.3 is 10.2 Å². The van der Waals surface area contributed by atoms with Crippen molar-refractivity contribution in [1.29, 1.82) is 0 Å². The van der Waals surface area contributed by atoms with Gasteiger partial charge >= 0.3 is 6.03 Å². The Morgan fingerprint density at radius 3 is 3.00 bits per heavy atom. The van der Waals surface area contributed by atoms with Gasteiger partial charge in [-0.05, 0) is 37.0 Å². The molecule has 0 spiro atoms. The Balaban J connectivity index is 2.41. The van der Waals surface area contributed by atoms with E-state index < -0.39 is 0 Å². The minimum absolute atomic E-state index is 0.0861. The van der Waals surface area contributed by atoms with Gasteiger partial charge in [0, 0.05) is 19.3 Å². The molecule has 0 saturated heterocycles. The molecule has 0 saturated carbocycles. The van der Waals surface area contributed by atoms with E-state index >= 15 is 0 Å². The zero-order chi connectivity index (χ0) is 13.4. The van der Waals surface area contributed by atoms with Crippen LogP contribution in [0.4, 0.5) is 10.5 Å². The molecule has 4 nitrogen and oxygen atoms in total.